The lowest BCUT2D eigenvalue weighted by Crippen LogP contribution is -2.56. The van der Waals surface area contributed by atoms with Crippen LogP contribution in [0.15, 0.2) is 36.5 Å². The van der Waals surface area contributed by atoms with Gasteiger partial charge in [0, 0.05) is 42.2 Å². The number of pyridine rings is 1. The maximum absolute atomic E-state index is 16.6. The number of nitrogens with zero attached hydrogens (tertiary/aromatic N) is 6. The number of aromatic nitrogens is 3. The predicted octanol–water partition coefficient (Wildman–Crippen LogP) is 6.53. The first kappa shape index (κ1) is 31.6. The zero-order valence-electron chi connectivity index (χ0n) is 25.9. The van der Waals surface area contributed by atoms with Crippen LogP contribution in [0.5, 0.6) is 6.01 Å². The number of ether oxygens (including phenoxy) is 3. The number of carbonyl (C=O) groups excluding carboxylic acids is 1. The van der Waals surface area contributed by atoms with Crippen molar-refractivity contribution in [3.63, 3.8) is 0 Å². The molecule has 2 aliphatic heterocycles. The molecule has 0 aliphatic carbocycles. The third-order valence-electron chi connectivity index (χ3n) is 8.02. The highest BCUT2D eigenvalue weighted by Gasteiger charge is 2.37. The Bertz CT molecular complexity index is 1870. The van der Waals surface area contributed by atoms with Crippen molar-refractivity contribution in [2.75, 3.05) is 44.4 Å². The summed E-state index contributed by atoms with van der Waals surface area (Å²) in [4.78, 5) is 30.1. The maximum atomic E-state index is 16.6. The summed E-state index contributed by atoms with van der Waals surface area (Å²) >= 11 is 6.37. The highest BCUT2D eigenvalue weighted by molar-refractivity contribution is 6.36. The van der Waals surface area contributed by atoms with Crippen molar-refractivity contribution in [3.8, 4) is 23.3 Å². The number of hydrogen-bond acceptors (Lipinski definition) is 9. The van der Waals surface area contributed by atoms with E-state index in [4.69, 9.17) is 25.8 Å². The number of amides is 1. The lowest BCUT2D eigenvalue weighted by Gasteiger charge is -2.41. The van der Waals surface area contributed by atoms with Gasteiger partial charge in [0.15, 0.2) is 5.82 Å². The molecule has 46 heavy (non-hydrogen) atoms. The fraction of sp³-hybridized carbons (Fsp3) is 0.424. The Morgan fingerprint density at radius 1 is 1.20 bits per heavy atom. The molecule has 2 fully saturated rings. The third kappa shape index (κ3) is 6.09. The van der Waals surface area contributed by atoms with Gasteiger partial charge in [-0.2, -0.15) is 15.2 Å². The number of nitriles is 1. The number of carbonyl (C=O) groups is 1. The van der Waals surface area contributed by atoms with Crippen LogP contribution in [0, 0.1) is 28.4 Å². The van der Waals surface area contributed by atoms with E-state index in [-0.39, 0.29) is 53.8 Å². The van der Waals surface area contributed by atoms with Gasteiger partial charge in [-0.15, -0.1) is 0 Å². The number of benzene rings is 2. The van der Waals surface area contributed by atoms with Crippen LogP contribution in [0.25, 0.3) is 32.9 Å². The van der Waals surface area contributed by atoms with Crippen LogP contribution in [0.1, 0.15) is 34.1 Å². The van der Waals surface area contributed by atoms with Gasteiger partial charge in [0.25, 0.3) is 0 Å². The molecule has 10 nitrogen and oxygen atoms in total. The second-order valence-corrected chi connectivity index (χ2v) is 13.4. The topological polar surface area (TPSA) is 114 Å². The van der Waals surface area contributed by atoms with E-state index in [0.717, 1.165) is 0 Å². The van der Waals surface area contributed by atoms with E-state index in [2.05, 4.69) is 21.0 Å². The molecule has 4 heterocycles. The first-order chi connectivity index (χ1) is 21.9. The van der Waals surface area contributed by atoms with Crippen molar-refractivity contribution in [2.24, 2.45) is 5.41 Å². The minimum atomic E-state index is -0.752. The fourth-order valence-corrected chi connectivity index (χ4v) is 5.96. The third-order valence-corrected chi connectivity index (χ3v) is 8.39. The molecule has 0 radical (unpaired) electrons. The number of halogens is 3. The second kappa shape index (κ2) is 12.1. The van der Waals surface area contributed by atoms with Crippen molar-refractivity contribution in [3.05, 3.63) is 53.2 Å². The van der Waals surface area contributed by atoms with E-state index in [1.54, 1.807) is 49.9 Å². The Balaban J connectivity index is 1.44. The molecule has 4 aromatic rings. The fourth-order valence-electron chi connectivity index (χ4n) is 5.68. The summed E-state index contributed by atoms with van der Waals surface area (Å²) in [6.07, 6.45) is 1.01. The van der Waals surface area contributed by atoms with Crippen LogP contribution >= 0.6 is 11.6 Å². The number of anilines is 1. The van der Waals surface area contributed by atoms with Gasteiger partial charge in [0.05, 0.1) is 42.2 Å². The first-order valence-corrected chi connectivity index (χ1v) is 15.3. The summed E-state index contributed by atoms with van der Waals surface area (Å²) in [6.45, 7) is 9.41. The molecule has 0 saturated carbocycles. The zero-order valence-corrected chi connectivity index (χ0v) is 26.7. The average Bonchev–Trinajstić information content (AvgIpc) is 3.00. The van der Waals surface area contributed by atoms with Gasteiger partial charge in [0.1, 0.15) is 35.1 Å². The zero-order chi connectivity index (χ0) is 32.8. The van der Waals surface area contributed by atoms with Crippen LogP contribution in [0.4, 0.5) is 19.4 Å². The summed E-state index contributed by atoms with van der Waals surface area (Å²) in [5, 5.41) is 10.7. The molecule has 0 bridgehead atoms. The van der Waals surface area contributed by atoms with Gasteiger partial charge in [0.2, 0.25) is 0 Å². The van der Waals surface area contributed by atoms with E-state index in [9.17, 15) is 14.4 Å². The lowest BCUT2D eigenvalue weighted by molar-refractivity contribution is -0.121. The standard InChI is InChI=1S/C33H33ClF2N6O4/c1-32(2,3)46-31(43)42-13-12-41(15-20(42)10-11-37)29-22-14-38-27(21-7-5-6-19-8-9-23(35)25(34)24(19)21)26(36)28(22)39-30(40-29)45-18-33(4)16-44-17-33/h5-9,14,20H,10,12-13,15-18H2,1-4H3/t20-/m0/s1. The minimum Gasteiger partial charge on any atom is -0.463 e. The number of fused-ring (bicyclic) bond motifs is 2. The largest absolute Gasteiger partial charge is 0.463 e. The minimum absolute atomic E-state index is 0.0416. The van der Waals surface area contributed by atoms with Gasteiger partial charge in [-0.1, -0.05) is 42.8 Å². The molecule has 1 atom stereocenters. The van der Waals surface area contributed by atoms with Gasteiger partial charge >= 0.3 is 12.1 Å². The molecule has 240 valence electrons. The quantitative estimate of drug-likeness (QED) is 0.230. The van der Waals surface area contributed by atoms with Crippen LogP contribution in [0.3, 0.4) is 0 Å². The first-order valence-electron chi connectivity index (χ1n) is 14.9. The van der Waals surface area contributed by atoms with E-state index in [1.165, 1.54) is 12.3 Å². The van der Waals surface area contributed by atoms with E-state index in [0.29, 0.717) is 47.3 Å². The molecule has 2 saturated heterocycles. The Morgan fingerprint density at radius 2 is 1.98 bits per heavy atom. The Morgan fingerprint density at radius 3 is 2.67 bits per heavy atom. The molecule has 2 aromatic heterocycles. The van der Waals surface area contributed by atoms with Crippen LogP contribution in [0.2, 0.25) is 5.02 Å². The number of rotatable bonds is 6. The molecule has 0 spiro atoms. The van der Waals surface area contributed by atoms with Crippen molar-refractivity contribution in [2.45, 2.75) is 45.8 Å². The normalized spacial score (nSPS) is 17.9. The predicted molar refractivity (Wildman–Crippen MR) is 169 cm³/mol. The van der Waals surface area contributed by atoms with Crippen molar-refractivity contribution in [1.82, 2.24) is 19.9 Å². The summed E-state index contributed by atoms with van der Waals surface area (Å²) in [5.74, 6) is -1.03. The molecule has 6 rings (SSSR count). The number of piperazine rings is 1. The second-order valence-electron chi connectivity index (χ2n) is 13.0. The summed E-state index contributed by atoms with van der Waals surface area (Å²) in [6, 6.07) is 9.54. The SMILES string of the molecule is CC1(COc2nc(N3CCN(C(=O)OC(C)(C)C)[C@@H](CC#N)C3)c3cnc(-c4cccc5ccc(F)c(Cl)c45)c(F)c3n2)COC1. The van der Waals surface area contributed by atoms with Crippen LogP contribution < -0.4 is 9.64 Å². The number of hydrogen-bond donors (Lipinski definition) is 0. The molecular formula is C33H33ClF2N6O4. The van der Waals surface area contributed by atoms with Crippen molar-refractivity contribution >= 4 is 45.2 Å². The summed E-state index contributed by atoms with van der Waals surface area (Å²) in [5.41, 5.74) is -0.734. The Labute approximate surface area is 269 Å². The highest BCUT2D eigenvalue weighted by atomic mass is 35.5. The molecule has 2 aliphatic rings. The molecule has 0 N–H and O–H groups in total. The van der Waals surface area contributed by atoms with Crippen molar-refractivity contribution < 1.29 is 27.8 Å². The molecule has 1 amide bonds. The highest BCUT2D eigenvalue weighted by Crippen LogP contribution is 2.39. The van der Waals surface area contributed by atoms with Crippen LogP contribution in [-0.4, -0.2) is 77.0 Å². The molecular weight excluding hydrogens is 618 g/mol. The molecule has 2 aromatic carbocycles. The van der Waals surface area contributed by atoms with E-state index < -0.39 is 29.4 Å². The van der Waals surface area contributed by atoms with Crippen molar-refractivity contribution in [1.29, 1.82) is 5.26 Å². The van der Waals surface area contributed by atoms with Gasteiger partial charge in [-0.05, 0) is 32.2 Å². The lowest BCUT2D eigenvalue weighted by atomic mass is 9.90. The average molecular weight is 651 g/mol. The molecule has 0 unspecified atom stereocenters. The monoisotopic (exact) mass is 650 g/mol. The Kier molecular flexibility index (Phi) is 8.33. The summed E-state index contributed by atoms with van der Waals surface area (Å²) < 4.78 is 48.1. The van der Waals surface area contributed by atoms with Gasteiger partial charge in [-0.25, -0.2) is 13.6 Å². The maximum Gasteiger partial charge on any atom is 0.410 e. The summed E-state index contributed by atoms with van der Waals surface area (Å²) in [7, 11) is 0. The van der Waals surface area contributed by atoms with Gasteiger partial charge in [-0.3, -0.25) is 4.98 Å². The Hall–Kier alpha value is -4.34. The van der Waals surface area contributed by atoms with E-state index >= 15 is 4.39 Å². The van der Waals surface area contributed by atoms with Gasteiger partial charge < -0.3 is 24.0 Å². The smallest absolute Gasteiger partial charge is 0.410 e. The molecule has 13 heteroatoms. The van der Waals surface area contributed by atoms with Crippen LogP contribution in [-0.2, 0) is 9.47 Å². The van der Waals surface area contributed by atoms with E-state index in [1.807, 2.05) is 11.8 Å².